The predicted molar refractivity (Wildman–Crippen MR) is 94.7 cm³/mol. The van der Waals surface area contributed by atoms with Crippen LogP contribution in [0.15, 0.2) is 54.7 Å². The number of ether oxygens (including phenoxy) is 2. The fourth-order valence-electron chi connectivity index (χ4n) is 2.67. The summed E-state index contributed by atoms with van der Waals surface area (Å²) in [4.78, 5) is 29.9. The predicted octanol–water partition coefficient (Wildman–Crippen LogP) is 1.64. The average Bonchev–Trinajstić information content (AvgIpc) is 3.04. The van der Waals surface area contributed by atoms with E-state index in [1.165, 1.54) is 4.90 Å². The van der Waals surface area contributed by atoms with Gasteiger partial charge in [0.25, 0.3) is 0 Å². The summed E-state index contributed by atoms with van der Waals surface area (Å²) in [6.07, 6.45) is 1.85. The second-order valence-electron chi connectivity index (χ2n) is 5.81. The van der Waals surface area contributed by atoms with Gasteiger partial charge in [0.1, 0.15) is 25.0 Å². The van der Waals surface area contributed by atoms with E-state index >= 15 is 0 Å². The van der Waals surface area contributed by atoms with Crippen LogP contribution < -0.4 is 10.1 Å². The van der Waals surface area contributed by atoms with Gasteiger partial charge in [-0.3, -0.25) is 14.7 Å². The third-order valence-electron chi connectivity index (χ3n) is 4.03. The standard InChI is InChI=1S/C19H21N3O4/c23-18(21-11-9-15-6-4-5-10-20-15)17-14-26-19(24)22(17)12-13-25-16-7-2-1-3-8-16/h1-8,10,17H,9,11-14H2,(H,21,23)/t17-/m0/s1. The molecule has 26 heavy (non-hydrogen) atoms. The molecule has 7 heteroatoms. The number of pyridine rings is 1. The van der Waals surface area contributed by atoms with Crippen LogP contribution in [0.2, 0.25) is 0 Å². The van der Waals surface area contributed by atoms with Gasteiger partial charge in [-0.05, 0) is 24.3 Å². The fourth-order valence-corrected chi connectivity index (χ4v) is 2.67. The van der Waals surface area contributed by atoms with Crippen molar-refractivity contribution in [1.29, 1.82) is 0 Å². The van der Waals surface area contributed by atoms with Gasteiger partial charge in [-0.2, -0.15) is 0 Å². The number of benzene rings is 1. The first-order valence-electron chi connectivity index (χ1n) is 8.53. The van der Waals surface area contributed by atoms with Gasteiger partial charge in [-0.25, -0.2) is 4.79 Å². The molecule has 1 aromatic heterocycles. The molecular weight excluding hydrogens is 334 g/mol. The molecule has 3 rings (SSSR count). The Labute approximate surface area is 151 Å². The molecule has 0 saturated carbocycles. The summed E-state index contributed by atoms with van der Waals surface area (Å²) >= 11 is 0. The van der Waals surface area contributed by atoms with Gasteiger partial charge < -0.3 is 14.8 Å². The Morgan fingerprint density at radius 2 is 2.04 bits per heavy atom. The van der Waals surface area contributed by atoms with E-state index in [0.29, 0.717) is 13.0 Å². The number of nitrogens with one attached hydrogen (secondary N) is 1. The van der Waals surface area contributed by atoms with E-state index < -0.39 is 12.1 Å². The summed E-state index contributed by atoms with van der Waals surface area (Å²) in [6.45, 7) is 1.08. The lowest BCUT2D eigenvalue weighted by Gasteiger charge is -2.20. The molecule has 0 spiro atoms. The maximum atomic E-state index is 12.4. The second kappa shape index (κ2) is 8.84. The van der Waals surface area contributed by atoms with Crippen LogP contribution in [0.5, 0.6) is 5.75 Å². The topological polar surface area (TPSA) is 80.8 Å². The number of rotatable bonds is 8. The highest BCUT2D eigenvalue weighted by molar-refractivity contribution is 5.87. The Kier molecular flexibility index (Phi) is 6.03. The van der Waals surface area contributed by atoms with Gasteiger partial charge >= 0.3 is 6.09 Å². The average molecular weight is 355 g/mol. The molecule has 1 atom stereocenters. The van der Waals surface area contributed by atoms with Crippen molar-refractivity contribution >= 4 is 12.0 Å². The van der Waals surface area contributed by atoms with Crippen molar-refractivity contribution in [2.24, 2.45) is 0 Å². The molecule has 0 bridgehead atoms. The first kappa shape index (κ1) is 17.7. The van der Waals surface area contributed by atoms with Crippen LogP contribution in [0.4, 0.5) is 4.79 Å². The van der Waals surface area contributed by atoms with E-state index in [-0.39, 0.29) is 25.7 Å². The van der Waals surface area contributed by atoms with Crippen molar-refractivity contribution in [3.05, 3.63) is 60.4 Å². The molecule has 0 radical (unpaired) electrons. The zero-order valence-electron chi connectivity index (χ0n) is 14.3. The summed E-state index contributed by atoms with van der Waals surface area (Å²) in [5.41, 5.74) is 0.902. The molecule has 0 aliphatic carbocycles. The zero-order chi connectivity index (χ0) is 18.2. The van der Waals surface area contributed by atoms with Crippen molar-refractivity contribution in [2.45, 2.75) is 12.5 Å². The van der Waals surface area contributed by atoms with Gasteiger partial charge in [-0.1, -0.05) is 24.3 Å². The molecule has 136 valence electrons. The molecule has 1 saturated heterocycles. The van der Waals surface area contributed by atoms with Gasteiger partial charge in [-0.15, -0.1) is 0 Å². The molecule has 1 aliphatic heterocycles. The van der Waals surface area contributed by atoms with Crippen LogP contribution in [0.1, 0.15) is 5.69 Å². The van der Waals surface area contributed by atoms with Gasteiger partial charge in [0.05, 0.1) is 6.54 Å². The smallest absolute Gasteiger partial charge is 0.410 e. The highest BCUT2D eigenvalue weighted by Crippen LogP contribution is 2.13. The third-order valence-corrected chi connectivity index (χ3v) is 4.03. The highest BCUT2D eigenvalue weighted by atomic mass is 16.6. The van der Waals surface area contributed by atoms with E-state index in [0.717, 1.165) is 11.4 Å². The van der Waals surface area contributed by atoms with Crippen LogP contribution in [-0.2, 0) is 16.0 Å². The highest BCUT2D eigenvalue weighted by Gasteiger charge is 2.37. The molecule has 7 nitrogen and oxygen atoms in total. The summed E-state index contributed by atoms with van der Waals surface area (Å²) < 4.78 is 10.6. The monoisotopic (exact) mass is 355 g/mol. The fraction of sp³-hybridized carbons (Fsp3) is 0.316. The Morgan fingerprint density at radius 1 is 1.23 bits per heavy atom. The quantitative estimate of drug-likeness (QED) is 0.779. The Bertz CT molecular complexity index is 724. The van der Waals surface area contributed by atoms with Crippen molar-refractivity contribution < 1.29 is 19.1 Å². The molecule has 1 aliphatic rings. The minimum Gasteiger partial charge on any atom is -0.492 e. The van der Waals surface area contributed by atoms with Crippen molar-refractivity contribution in [1.82, 2.24) is 15.2 Å². The van der Waals surface area contributed by atoms with Gasteiger partial charge in [0.2, 0.25) is 5.91 Å². The van der Waals surface area contributed by atoms with Crippen molar-refractivity contribution in [3.8, 4) is 5.75 Å². The number of amides is 2. The number of cyclic esters (lactones) is 1. The summed E-state index contributed by atoms with van der Waals surface area (Å²) in [7, 11) is 0. The van der Waals surface area contributed by atoms with Crippen molar-refractivity contribution in [2.75, 3.05) is 26.3 Å². The normalized spacial score (nSPS) is 16.2. The van der Waals surface area contributed by atoms with Gasteiger partial charge in [0, 0.05) is 24.9 Å². The summed E-state index contributed by atoms with van der Waals surface area (Å²) in [5.74, 6) is 0.489. The third kappa shape index (κ3) is 4.72. The van der Waals surface area contributed by atoms with Crippen LogP contribution in [0, 0.1) is 0 Å². The Morgan fingerprint density at radius 3 is 2.81 bits per heavy atom. The Hall–Kier alpha value is -3.09. The zero-order valence-corrected chi connectivity index (χ0v) is 14.3. The van der Waals surface area contributed by atoms with E-state index in [9.17, 15) is 9.59 Å². The summed E-state index contributed by atoms with van der Waals surface area (Å²) in [5, 5.41) is 2.84. The number of hydrogen-bond donors (Lipinski definition) is 1. The Balaban J connectivity index is 1.46. The van der Waals surface area contributed by atoms with Crippen LogP contribution >= 0.6 is 0 Å². The molecule has 0 unspecified atom stereocenters. The molecule has 1 aromatic carbocycles. The van der Waals surface area contributed by atoms with Crippen LogP contribution in [0.25, 0.3) is 0 Å². The SMILES string of the molecule is O=C(NCCc1ccccn1)[C@@H]1COC(=O)N1CCOc1ccccc1. The number of carbonyl (C=O) groups is 2. The van der Waals surface area contributed by atoms with Gasteiger partial charge in [0.15, 0.2) is 0 Å². The maximum Gasteiger partial charge on any atom is 0.410 e. The van der Waals surface area contributed by atoms with Crippen molar-refractivity contribution in [3.63, 3.8) is 0 Å². The summed E-state index contributed by atoms with van der Waals surface area (Å²) in [6, 6.07) is 14.3. The molecule has 2 aromatic rings. The lowest BCUT2D eigenvalue weighted by molar-refractivity contribution is -0.124. The molecule has 1 N–H and O–H groups in total. The first-order valence-corrected chi connectivity index (χ1v) is 8.53. The largest absolute Gasteiger partial charge is 0.492 e. The second-order valence-corrected chi connectivity index (χ2v) is 5.81. The number of hydrogen-bond acceptors (Lipinski definition) is 5. The molecule has 2 amide bonds. The van der Waals surface area contributed by atoms with E-state index in [2.05, 4.69) is 10.3 Å². The lowest BCUT2D eigenvalue weighted by Crippen LogP contribution is -2.47. The minimum absolute atomic E-state index is 0.0551. The number of para-hydroxylation sites is 1. The minimum atomic E-state index is -0.634. The lowest BCUT2D eigenvalue weighted by atomic mass is 10.2. The number of aromatic nitrogens is 1. The first-order chi connectivity index (χ1) is 12.7. The maximum absolute atomic E-state index is 12.4. The van der Waals surface area contributed by atoms with E-state index in [1.54, 1.807) is 6.20 Å². The van der Waals surface area contributed by atoms with E-state index in [4.69, 9.17) is 9.47 Å². The number of carbonyl (C=O) groups excluding carboxylic acids is 2. The molecular formula is C19H21N3O4. The van der Waals surface area contributed by atoms with E-state index in [1.807, 2.05) is 48.5 Å². The number of nitrogens with zero attached hydrogens (tertiary/aromatic N) is 2. The molecule has 1 fully saturated rings. The van der Waals surface area contributed by atoms with Crippen LogP contribution in [-0.4, -0.2) is 54.2 Å². The molecule has 2 heterocycles. The van der Waals surface area contributed by atoms with Crippen LogP contribution in [0.3, 0.4) is 0 Å².